The van der Waals surface area contributed by atoms with Crippen LogP contribution in [-0.4, -0.2) is 48.4 Å². The molecule has 1 aliphatic heterocycles. The molecule has 1 saturated heterocycles. The Morgan fingerprint density at radius 3 is 2.60 bits per heavy atom. The molecular formula is C16H26N2O2. The number of aliphatic hydroxyl groups is 1. The van der Waals surface area contributed by atoms with E-state index in [0.29, 0.717) is 6.54 Å². The van der Waals surface area contributed by atoms with Gasteiger partial charge in [0, 0.05) is 19.6 Å². The van der Waals surface area contributed by atoms with Crippen molar-refractivity contribution in [1.29, 1.82) is 0 Å². The fraction of sp³-hybridized carbons (Fsp3) is 0.625. The van der Waals surface area contributed by atoms with Gasteiger partial charge in [0.05, 0.1) is 6.10 Å². The first-order valence-corrected chi connectivity index (χ1v) is 7.60. The lowest BCUT2D eigenvalue weighted by Gasteiger charge is -2.29. The summed E-state index contributed by atoms with van der Waals surface area (Å²) in [7, 11) is 0. The molecule has 1 aromatic rings. The third-order valence-electron chi connectivity index (χ3n) is 3.87. The quantitative estimate of drug-likeness (QED) is 0.796. The van der Waals surface area contributed by atoms with E-state index in [2.05, 4.69) is 4.90 Å². The Kier molecular flexibility index (Phi) is 6.30. The highest BCUT2D eigenvalue weighted by molar-refractivity contribution is 5.21. The minimum absolute atomic E-state index is 0.0905. The number of hydrogen-bond acceptors (Lipinski definition) is 4. The van der Waals surface area contributed by atoms with Crippen LogP contribution in [-0.2, 0) is 0 Å². The molecule has 0 spiro atoms. The van der Waals surface area contributed by atoms with Crippen molar-refractivity contribution < 1.29 is 9.84 Å². The Morgan fingerprint density at radius 1 is 1.25 bits per heavy atom. The van der Waals surface area contributed by atoms with Gasteiger partial charge in [0.15, 0.2) is 0 Å². The molecule has 1 aromatic carbocycles. The van der Waals surface area contributed by atoms with Crippen molar-refractivity contribution in [1.82, 2.24) is 4.90 Å². The first-order chi connectivity index (χ1) is 9.78. The summed E-state index contributed by atoms with van der Waals surface area (Å²) in [6.07, 6.45) is 3.87. The van der Waals surface area contributed by atoms with E-state index >= 15 is 0 Å². The standard InChI is InChI=1S/C16H26N2O2/c17-13-16(20-15-5-2-1-3-6-15)7-4-10-18-11-8-14(19)9-12-18/h1-3,5-6,14,16,19H,4,7-13,17H2. The van der Waals surface area contributed by atoms with Crippen LogP contribution in [0.1, 0.15) is 25.7 Å². The highest BCUT2D eigenvalue weighted by atomic mass is 16.5. The van der Waals surface area contributed by atoms with Crippen LogP contribution in [0, 0.1) is 0 Å². The van der Waals surface area contributed by atoms with Crippen LogP contribution in [0.3, 0.4) is 0 Å². The Labute approximate surface area is 121 Å². The second kappa shape index (κ2) is 8.25. The van der Waals surface area contributed by atoms with Gasteiger partial charge in [-0.3, -0.25) is 0 Å². The molecule has 1 unspecified atom stereocenters. The fourth-order valence-electron chi connectivity index (χ4n) is 2.60. The molecule has 3 N–H and O–H groups in total. The number of aliphatic hydroxyl groups excluding tert-OH is 1. The summed E-state index contributed by atoms with van der Waals surface area (Å²) in [5.41, 5.74) is 5.79. The average Bonchev–Trinajstić information content (AvgIpc) is 2.49. The van der Waals surface area contributed by atoms with Crippen LogP contribution in [0.5, 0.6) is 5.75 Å². The van der Waals surface area contributed by atoms with Gasteiger partial charge in [-0.15, -0.1) is 0 Å². The highest BCUT2D eigenvalue weighted by Gasteiger charge is 2.17. The highest BCUT2D eigenvalue weighted by Crippen LogP contribution is 2.14. The van der Waals surface area contributed by atoms with E-state index in [0.717, 1.165) is 51.1 Å². The zero-order valence-corrected chi connectivity index (χ0v) is 12.1. The summed E-state index contributed by atoms with van der Waals surface area (Å²) < 4.78 is 5.89. The van der Waals surface area contributed by atoms with Gasteiger partial charge in [-0.05, 0) is 44.4 Å². The van der Waals surface area contributed by atoms with Gasteiger partial charge in [0.1, 0.15) is 11.9 Å². The predicted molar refractivity (Wildman–Crippen MR) is 80.8 cm³/mol. The van der Waals surface area contributed by atoms with E-state index in [9.17, 15) is 5.11 Å². The van der Waals surface area contributed by atoms with Gasteiger partial charge in [0.2, 0.25) is 0 Å². The predicted octanol–water partition coefficient (Wildman–Crippen LogP) is 1.63. The number of ether oxygens (including phenoxy) is 1. The van der Waals surface area contributed by atoms with E-state index in [1.807, 2.05) is 30.3 Å². The molecule has 2 rings (SSSR count). The van der Waals surface area contributed by atoms with Crippen molar-refractivity contribution in [3.8, 4) is 5.75 Å². The SMILES string of the molecule is NCC(CCCN1CCC(O)CC1)Oc1ccccc1. The molecule has 0 saturated carbocycles. The van der Waals surface area contributed by atoms with Gasteiger partial charge in [-0.1, -0.05) is 18.2 Å². The Balaban J connectivity index is 1.66. The third kappa shape index (κ3) is 5.12. The summed E-state index contributed by atoms with van der Waals surface area (Å²) in [5.74, 6) is 0.893. The largest absolute Gasteiger partial charge is 0.489 e. The molecule has 0 bridgehead atoms. The zero-order valence-electron chi connectivity index (χ0n) is 12.1. The lowest BCUT2D eigenvalue weighted by atomic mass is 10.1. The van der Waals surface area contributed by atoms with E-state index in [1.54, 1.807) is 0 Å². The number of piperidine rings is 1. The Hall–Kier alpha value is -1.10. The summed E-state index contributed by atoms with van der Waals surface area (Å²) in [6, 6.07) is 9.86. The molecule has 0 aromatic heterocycles. The maximum Gasteiger partial charge on any atom is 0.119 e. The van der Waals surface area contributed by atoms with Crippen molar-refractivity contribution in [3.63, 3.8) is 0 Å². The number of hydrogen-bond donors (Lipinski definition) is 2. The summed E-state index contributed by atoms with van der Waals surface area (Å²) in [4.78, 5) is 2.42. The molecule has 0 radical (unpaired) electrons. The van der Waals surface area contributed by atoms with Crippen LogP contribution in [0.2, 0.25) is 0 Å². The van der Waals surface area contributed by atoms with Crippen molar-refractivity contribution >= 4 is 0 Å². The first kappa shape index (κ1) is 15.3. The van der Waals surface area contributed by atoms with Gasteiger partial charge in [0.25, 0.3) is 0 Å². The topological polar surface area (TPSA) is 58.7 Å². The lowest BCUT2D eigenvalue weighted by molar-refractivity contribution is 0.0796. The molecule has 4 heteroatoms. The van der Waals surface area contributed by atoms with Gasteiger partial charge < -0.3 is 20.5 Å². The summed E-state index contributed by atoms with van der Waals surface area (Å²) in [5, 5.41) is 9.48. The van der Waals surface area contributed by atoms with Crippen LogP contribution in [0.4, 0.5) is 0 Å². The summed E-state index contributed by atoms with van der Waals surface area (Å²) >= 11 is 0. The van der Waals surface area contributed by atoms with Crippen molar-refractivity contribution in [3.05, 3.63) is 30.3 Å². The number of para-hydroxylation sites is 1. The maximum absolute atomic E-state index is 9.48. The Bertz CT molecular complexity index is 364. The van der Waals surface area contributed by atoms with Crippen LogP contribution >= 0.6 is 0 Å². The molecule has 20 heavy (non-hydrogen) atoms. The van der Waals surface area contributed by atoms with Crippen molar-refractivity contribution in [2.45, 2.75) is 37.9 Å². The molecule has 0 amide bonds. The number of likely N-dealkylation sites (tertiary alicyclic amines) is 1. The van der Waals surface area contributed by atoms with Crippen LogP contribution in [0.25, 0.3) is 0 Å². The normalized spacial score (nSPS) is 18.9. The zero-order chi connectivity index (χ0) is 14.2. The van der Waals surface area contributed by atoms with Crippen LogP contribution < -0.4 is 10.5 Å². The van der Waals surface area contributed by atoms with E-state index < -0.39 is 0 Å². The second-order valence-electron chi connectivity index (χ2n) is 5.50. The van der Waals surface area contributed by atoms with E-state index in [4.69, 9.17) is 10.5 Å². The minimum Gasteiger partial charge on any atom is -0.489 e. The molecule has 1 fully saturated rings. The number of rotatable bonds is 7. The second-order valence-corrected chi connectivity index (χ2v) is 5.50. The first-order valence-electron chi connectivity index (χ1n) is 7.60. The van der Waals surface area contributed by atoms with E-state index in [1.165, 1.54) is 0 Å². The molecule has 0 aliphatic carbocycles. The number of nitrogens with zero attached hydrogens (tertiary/aromatic N) is 1. The molecule has 1 aliphatic rings. The number of nitrogens with two attached hydrogens (primary N) is 1. The van der Waals surface area contributed by atoms with Crippen molar-refractivity contribution in [2.24, 2.45) is 5.73 Å². The molecule has 1 atom stereocenters. The number of benzene rings is 1. The fourth-order valence-corrected chi connectivity index (χ4v) is 2.60. The minimum atomic E-state index is -0.0931. The molecule has 1 heterocycles. The van der Waals surface area contributed by atoms with Gasteiger partial charge in [-0.2, -0.15) is 0 Å². The smallest absolute Gasteiger partial charge is 0.119 e. The van der Waals surface area contributed by atoms with Crippen LogP contribution in [0.15, 0.2) is 30.3 Å². The van der Waals surface area contributed by atoms with Crippen molar-refractivity contribution in [2.75, 3.05) is 26.2 Å². The maximum atomic E-state index is 9.48. The third-order valence-corrected chi connectivity index (χ3v) is 3.87. The average molecular weight is 278 g/mol. The lowest BCUT2D eigenvalue weighted by Crippen LogP contribution is -2.37. The Morgan fingerprint density at radius 2 is 1.95 bits per heavy atom. The van der Waals surface area contributed by atoms with Gasteiger partial charge >= 0.3 is 0 Å². The van der Waals surface area contributed by atoms with E-state index in [-0.39, 0.29) is 12.2 Å². The monoisotopic (exact) mass is 278 g/mol. The van der Waals surface area contributed by atoms with Gasteiger partial charge in [-0.25, -0.2) is 0 Å². The molecule has 4 nitrogen and oxygen atoms in total. The summed E-state index contributed by atoms with van der Waals surface area (Å²) in [6.45, 7) is 3.64. The molecule has 112 valence electrons. The molecular weight excluding hydrogens is 252 g/mol.